The Morgan fingerprint density at radius 1 is 0.850 bits per heavy atom. The van der Waals surface area contributed by atoms with E-state index < -0.39 is 30.0 Å². The van der Waals surface area contributed by atoms with Crippen molar-refractivity contribution < 1.29 is 25.9 Å². The molecule has 0 saturated heterocycles. The number of nitrogen functional groups attached to an aromatic ring is 2. The predicted molar refractivity (Wildman–Crippen MR) is 72.4 cm³/mol. The first kappa shape index (κ1) is 14.5. The van der Waals surface area contributed by atoms with Gasteiger partial charge in [0, 0.05) is 16.5 Å². The maximum absolute atomic E-state index is 11.2. The van der Waals surface area contributed by atoms with Crippen LogP contribution in [0, 0.1) is 0 Å². The lowest BCUT2D eigenvalue weighted by molar-refractivity contribution is 0.481. The van der Waals surface area contributed by atoms with E-state index in [-0.39, 0.29) is 22.1 Å². The highest BCUT2D eigenvalue weighted by molar-refractivity contribution is 7.86. The van der Waals surface area contributed by atoms with Gasteiger partial charge in [-0.25, -0.2) is 0 Å². The number of fused-ring (bicyclic) bond motifs is 1. The van der Waals surface area contributed by atoms with E-state index in [1.807, 2.05) is 0 Å². The molecule has 0 radical (unpaired) electrons. The molecule has 8 nitrogen and oxygen atoms in total. The van der Waals surface area contributed by atoms with Crippen molar-refractivity contribution in [1.29, 1.82) is 0 Å². The number of hydrogen-bond acceptors (Lipinski definition) is 6. The first-order valence-electron chi connectivity index (χ1n) is 5.08. The van der Waals surface area contributed by atoms with Gasteiger partial charge in [-0.2, -0.15) is 16.8 Å². The predicted octanol–water partition coefficient (Wildman–Crippen LogP) is 0.498. The van der Waals surface area contributed by atoms with Crippen LogP contribution in [0.2, 0.25) is 0 Å². The van der Waals surface area contributed by atoms with Gasteiger partial charge in [0.1, 0.15) is 4.90 Å². The second kappa shape index (κ2) is 4.31. The third kappa shape index (κ3) is 2.41. The number of anilines is 2. The molecule has 0 aromatic heterocycles. The van der Waals surface area contributed by atoms with Crippen molar-refractivity contribution in [2.24, 2.45) is 0 Å². The zero-order valence-electron chi connectivity index (χ0n) is 9.81. The fourth-order valence-corrected chi connectivity index (χ4v) is 2.97. The number of nitrogens with two attached hydrogens (primary N) is 2. The van der Waals surface area contributed by atoms with Crippen molar-refractivity contribution in [3.05, 3.63) is 24.3 Å². The highest BCUT2D eigenvalue weighted by Gasteiger charge is 2.19. The van der Waals surface area contributed by atoms with Gasteiger partial charge in [-0.15, -0.1) is 0 Å². The van der Waals surface area contributed by atoms with Gasteiger partial charge in [0.2, 0.25) is 0 Å². The van der Waals surface area contributed by atoms with E-state index in [9.17, 15) is 16.8 Å². The molecule has 0 spiro atoms. The van der Waals surface area contributed by atoms with Crippen LogP contribution in [0.5, 0.6) is 0 Å². The molecule has 2 aromatic carbocycles. The van der Waals surface area contributed by atoms with Gasteiger partial charge < -0.3 is 11.5 Å². The molecule has 0 aliphatic heterocycles. The van der Waals surface area contributed by atoms with E-state index in [4.69, 9.17) is 20.6 Å². The molecule has 0 bridgehead atoms. The van der Waals surface area contributed by atoms with Gasteiger partial charge in [-0.05, 0) is 18.2 Å². The molecule has 0 heterocycles. The van der Waals surface area contributed by atoms with E-state index in [1.165, 1.54) is 6.07 Å². The first-order chi connectivity index (χ1) is 9.01. The van der Waals surface area contributed by atoms with Crippen LogP contribution in [-0.2, 0) is 20.2 Å². The molecule has 0 aliphatic rings. The van der Waals surface area contributed by atoms with E-state index >= 15 is 0 Å². The fourth-order valence-electron chi connectivity index (χ4n) is 1.80. The van der Waals surface area contributed by atoms with Crippen LogP contribution in [0.25, 0.3) is 10.8 Å². The lowest BCUT2D eigenvalue weighted by Crippen LogP contribution is -2.06. The third-order valence-electron chi connectivity index (χ3n) is 2.72. The van der Waals surface area contributed by atoms with Gasteiger partial charge in [-0.3, -0.25) is 9.11 Å². The fraction of sp³-hybridized carbons (Fsp3) is 0. The first-order valence-corrected chi connectivity index (χ1v) is 7.96. The Labute approximate surface area is 114 Å². The molecular formula is C10H10N2O6S2. The average Bonchev–Trinajstić information content (AvgIpc) is 2.30. The summed E-state index contributed by atoms with van der Waals surface area (Å²) < 4.78 is 62.4. The van der Waals surface area contributed by atoms with Gasteiger partial charge in [0.05, 0.1) is 10.6 Å². The highest BCUT2D eigenvalue weighted by Crippen LogP contribution is 2.34. The van der Waals surface area contributed by atoms with Crippen LogP contribution in [-0.4, -0.2) is 25.9 Å². The minimum absolute atomic E-state index is 0.104. The molecule has 6 N–H and O–H groups in total. The van der Waals surface area contributed by atoms with Gasteiger partial charge >= 0.3 is 0 Å². The normalized spacial score (nSPS) is 12.7. The molecule has 0 fully saturated rings. The summed E-state index contributed by atoms with van der Waals surface area (Å²) in [5.41, 5.74) is 10.9. The molecule has 20 heavy (non-hydrogen) atoms. The lowest BCUT2D eigenvalue weighted by atomic mass is 10.1. The largest absolute Gasteiger partial charge is 0.398 e. The van der Waals surface area contributed by atoms with Crippen LogP contribution >= 0.6 is 0 Å². The van der Waals surface area contributed by atoms with Gasteiger partial charge in [-0.1, -0.05) is 6.07 Å². The Morgan fingerprint density at radius 2 is 1.45 bits per heavy atom. The topological polar surface area (TPSA) is 161 Å². The van der Waals surface area contributed by atoms with Crippen LogP contribution in [0.15, 0.2) is 34.1 Å². The van der Waals surface area contributed by atoms with Crippen molar-refractivity contribution in [3.63, 3.8) is 0 Å². The summed E-state index contributed by atoms with van der Waals surface area (Å²) in [6.07, 6.45) is 0. The summed E-state index contributed by atoms with van der Waals surface area (Å²) in [6.45, 7) is 0. The molecule has 0 atom stereocenters. The summed E-state index contributed by atoms with van der Waals surface area (Å²) in [4.78, 5) is -0.974. The quantitative estimate of drug-likeness (QED) is 0.459. The van der Waals surface area contributed by atoms with E-state index in [1.54, 1.807) is 0 Å². The Kier molecular flexibility index (Phi) is 3.13. The van der Waals surface area contributed by atoms with Gasteiger partial charge in [0.25, 0.3) is 20.2 Å². The maximum atomic E-state index is 11.2. The zero-order valence-corrected chi connectivity index (χ0v) is 11.4. The van der Waals surface area contributed by atoms with Crippen LogP contribution in [0.3, 0.4) is 0 Å². The molecule has 108 valence electrons. The minimum atomic E-state index is -4.56. The van der Waals surface area contributed by atoms with Crippen LogP contribution in [0.4, 0.5) is 11.4 Å². The SMILES string of the molecule is Nc1cc(S(=O)(=O)O)c(N)c2ccc(S(=O)(=O)O)cc12. The monoisotopic (exact) mass is 318 g/mol. The van der Waals surface area contributed by atoms with Crippen molar-refractivity contribution in [3.8, 4) is 0 Å². The van der Waals surface area contributed by atoms with Crippen molar-refractivity contribution >= 4 is 42.4 Å². The Balaban J connectivity index is 2.93. The van der Waals surface area contributed by atoms with Crippen molar-refractivity contribution in [2.45, 2.75) is 9.79 Å². The second-order valence-corrected chi connectivity index (χ2v) is 6.85. The summed E-state index contributed by atoms with van der Waals surface area (Å²) in [6, 6.07) is 4.21. The smallest absolute Gasteiger partial charge is 0.296 e. The summed E-state index contributed by atoms with van der Waals surface area (Å²) >= 11 is 0. The second-order valence-electron chi connectivity index (χ2n) is 4.04. The third-order valence-corrected chi connectivity index (χ3v) is 4.46. The number of rotatable bonds is 2. The Morgan fingerprint density at radius 3 is 1.95 bits per heavy atom. The van der Waals surface area contributed by atoms with E-state index in [2.05, 4.69) is 0 Å². The Bertz CT molecular complexity index is 918. The molecule has 0 aliphatic carbocycles. The molecule has 2 aromatic rings. The molecule has 0 amide bonds. The lowest BCUT2D eigenvalue weighted by Gasteiger charge is -2.10. The minimum Gasteiger partial charge on any atom is -0.398 e. The molecule has 2 rings (SSSR count). The van der Waals surface area contributed by atoms with Crippen LogP contribution < -0.4 is 11.5 Å². The van der Waals surface area contributed by atoms with Crippen molar-refractivity contribution in [2.75, 3.05) is 11.5 Å². The van der Waals surface area contributed by atoms with Crippen molar-refractivity contribution in [1.82, 2.24) is 0 Å². The highest BCUT2D eigenvalue weighted by atomic mass is 32.2. The summed E-state index contributed by atoms with van der Waals surface area (Å²) in [5, 5.41) is 0.287. The standard InChI is InChI=1S/C10H10N2O6S2/c11-8-4-9(20(16,17)18)10(12)6-2-1-5(3-7(6)8)19(13,14)15/h1-4H,11-12H2,(H,13,14,15)(H,16,17,18). The van der Waals surface area contributed by atoms with E-state index in [0.717, 1.165) is 18.2 Å². The average molecular weight is 318 g/mol. The number of hydrogen-bond donors (Lipinski definition) is 4. The zero-order chi connectivity index (χ0) is 15.3. The van der Waals surface area contributed by atoms with Crippen LogP contribution in [0.1, 0.15) is 0 Å². The molecule has 0 unspecified atom stereocenters. The van der Waals surface area contributed by atoms with E-state index in [0.29, 0.717) is 0 Å². The Hall–Kier alpha value is -1.88. The summed E-state index contributed by atoms with van der Waals surface area (Å²) in [7, 11) is -8.99. The molecule has 10 heteroatoms. The molecular weight excluding hydrogens is 308 g/mol. The molecule has 0 saturated carbocycles. The summed E-state index contributed by atoms with van der Waals surface area (Å²) in [5.74, 6) is 0. The maximum Gasteiger partial charge on any atom is 0.296 e. The van der Waals surface area contributed by atoms with Gasteiger partial charge in [0.15, 0.2) is 0 Å². The number of benzene rings is 2.